The van der Waals surface area contributed by atoms with E-state index in [1.54, 1.807) is 6.20 Å². The summed E-state index contributed by atoms with van der Waals surface area (Å²) in [6.07, 6.45) is 4.48. The highest BCUT2D eigenvalue weighted by molar-refractivity contribution is 5.72. The zero-order valence-corrected chi connectivity index (χ0v) is 10.4. The molecule has 0 aromatic carbocycles. The summed E-state index contributed by atoms with van der Waals surface area (Å²) < 4.78 is 17.7. The molecule has 0 spiro atoms. The molecular weight excluding hydrogens is 235 g/mol. The Balaban J connectivity index is 1.85. The number of methoxy groups -OCH3 is 1. The van der Waals surface area contributed by atoms with Gasteiger partial charge in [-0.15, -0.1) is 0 Å². The maximum Gasteiger partial charge on any atom is 0.308 e. The first-order valence-corrected chi connectivity index (χ1v) is 6.08. The molecule has 2 rings (SSSR count). The maximum atomic E-state index is 13.0. The van der Waals surface area contributed by atoms with E-state index in [1.165, 1.54) is 19.4 Å². The van der Waals surface area contributed by atoms with Gasteiger partial charge in [0.25, 0.3) is 0 Å². The van der Waals surface area contributed by atoms with Gasteiger partial charge in [0.2, 0.25) is 0 Å². The third-order valence-corrected chi connectivity index (χ3v) is 3.29. The van der Waals surface area contributed by atoms with Gasteiger partial charge in [0, 0.05) is 12.7 Å². The zero-order valence-electron chi connectivity index (χ0n) is 10.4. The number of ether oxygens (including phenoxy) is 1. The largest absolute Gasteiger partial charge is 0.469 e. The molecule has 0 atom stereocenters. The Morgan fingerprint density at radius 2 is 2.22 bits per heavy atom. The molecule has 1 aromatic heterocycles. The summed E-state index contributed by atoms with van der Waals surface area (Å²) in [6, 6.07) is 1.50. The Morgan fingerprint density at radius 1 is 1.50 bits per heavy atom. The number of carbonyl (C=O) groups excluding carboxylic acids is 1. The van der Waals surface area contributed by atoms with Crippen LogP contribution in [0.2, 0.25) is 0 Å². The Hall–Kier alpha value is -1.49. The Kier molecular flexibility index (Phi) is 4.25. The molecule has 1 saturated heterocycles. The molecule has 0 bridgehead atoms. The zero-order chi connectivity index (χ0) is 13.0. The Bertz CT molecular complexity index is 417. The van der Waals surface area contributed by atoms with Gasteiger partial charge in [-0.05, 0) is 37.6 Å². The lowest BCUT2D eigenvalue weighted by atomic mass is 9.97. The number of hydrogen-bond acceptors (Lipinski definition) is 4. The van der Waals surface area contributed by atoms with Gasteiger partial charge in [-0.3, -0.25) is 14.7 Å². The first-order valence-electron chi connectivity index (χ1n) is 6.08. The van der Waals surface area contributed by atoms with E-state index in [4.69, 9.17) is 4.74 Å². The van der Waals surface area contributed by atoms with Gasteiger partial charge >= 0.3 is 5.97 Å². The van der Waals surface area contributed by atoms with E-state index in [0.29, 0.717) is 6.54 Å². The average molecular weight is 252 g/mol. The molecular formula is C13H17FN2O2. The fourth-order valence-corrected chi connectivity index (χ4v) is 2.29. The summed E-state index contributed by atoms with van der Waals surface area (Å²) in [6.45, 7) is 2.34. The van der Waals surface area contributed by atoms with Crippen LogP contribution in [0.4, 0.5) is 4.39 Å². The van der Waals surface area contributed by atoms with Gasteiger partial charge in [-0.25, -0.2) is 4.39 Å². The Morgan fingerprint density at radius 3 is 2.83 bits per heavy atom. The van der Waals surface area contributed by atoms with E-state index in [9.17, 15) is 9.18 Å². The van der Waals surface area contributed by atoms with Crippen LogP contribution < -0.4 is 0 Å². The smallest absolute Gasteiger partial charge is 0.308 e. The van der Waals surface area contributed by atoms with Crippen molar-refractivity contribution >= 4 is 5.97 Å². The van der Waals surface area contributed by atoms with Crippen LogP contribution in [0.15, 0.2) is 18.5 Å². The van der Waals surface area contributed by atoms with Gasteiger partial charge in [0.1, 0.15) is 5.82 Å². The molecule has 4 nitrogen and oxygen atoms in total. The molecule has 0 unspecified atom stereocenters. The molecule has 98 valence electrons. The van der Waals surface area contributed by atoms with E-state index in [2.05, 4.69) is 9.88 Å². The SMILES string of the molecule is COC(=O)C1CCN(Cc2cncc(F)c2)CC1. The number of aromatic nitrogens is 1. The van der Waals surface area contributed by atoms with Crippen LogP contribution in [-0.2, 0) is 16.1 Å². The fourth-order valence-electron chi connectivity index (χ4n) is 2.29. The van der Waals surface area contributed by atoms with E-state index in [0.717, 1.165) is 31.5 Å². The highest BCUT2D eigenvalue weighted by Crippen LogP contribution is 2.20. The minimum atomic E-state index is -0.308. The molecule has 5 heteroatoms. The number of hydrogen-bond donors (Lipinski definition) is 0. The number of esters is 1. The molecule has 0 radical (unpaired) electrons. The second-order valence-corrected chi connectivity index (χ2v) is 4.58. The molecule has 1 fully saturated rings. The van der Waals surface area contributed by atoms with Gasteiger partial charge in [0.05, 0.1) is 19.2 Å². The lowest BCUT2D eigenvalue weighted by molar-refractivity contribution is -0.147. The first kappa shape index (κ1) is 13.0. The monoisotopic (exact) mass is 252 g/mol. The van der Waals surface area contributed by atoms with Crippen LogP contribution in [0, 0.1) is 11.7 Å². The summed E-state index contributed by atoms with van der Waals surface area (Å²) in [5.41, 5.74) is 0.867. The van der Waals surface area contributed by atoms with Gasteiger partial charge in [-0.1, -0.05) is 0 Å². The van der Waals surface area contributed by atoms with Crippen molar-refractivity contribution in [1.82, 2.24) is 9.88 Å². The van der Waals surface area contributed by atoms with E-state index in [1.807, 2.05) is 0 Å². The summed E-state index contributed by atoms with van der Waals surface area (Å²) >= 11 is 0. The molecule has 0 saturated carbocycles. The molecule has 2 heterocycles. The van der Waals surface area contributed by atoms with Crippen LogP contribution in [-0.4, -0.2) is 36.1 Å². The lowest BCUT2D eigenvalue weighted by Gasteiger charge is -2.30. The minimum absolute atomic E-state index is 0.0110. The van der Waals surface area contributed by atoms with Crippen LogP contribution in [0.1, 0.15) is 18.4 Å². The number of carbonyl (C=O) groups is 1. The molecule has 18 heavy (non-hydrogen) atoms. The standard InChI is InChI=1S/C13H17FN2O2/c1-18-13(17)11-2-4-16(5-3-11)9-10-6-12(14)8-15-7-10/h6-8,11H,2-5,9H2,1H3. The molecule has 0 N–H and O–H groups in total. The van der Waals surface area contributed by atoms with Gasteiger partial charge in [0.15, 0.2) is 0 Å². The number of rotatable bonds is 3. The summed E-state index contributed by atoms with van der Waals surface area (Å²) in [5.74, 6) is -0.420. The molecule has 1 aliphatic heterocycles. The quantitative estimate of drug-likeness (QED) is 0.766. The number of halogens is 1. The molecule has 0 amide bonds. The van der Waals surface area contributed by atoms with Crippen LogP contribution in [0.3, 0.4) is 0 Å². The van der Waals surface area contributed by atoms with Crippen molar-refractivity contribution in [3.63, 3.8) is 0 Å². The van der Waals surface area contributed by atoms with Crippen molar-refractivity contribution in [2.75, 3.05) is 20.2 Å². The highest BCUT2D eigenvalue weighted by Gasteiger charge is 2.25. The van der Waals surface area contributed by atoms with Crippen LogP contribution >= 0.6 is 0 Å². The van der Waals surface area contributed by atoms with Crippen LogP contribution in [0.25, 0.3) is 0 Å². The predicted molar refractivity (Wildman–Crippen MR) is 64.2 cm³/mol. The Labute approximate surface area is 106 Å². The number of piperidine rings is 1. The molecule has 1 aromatic rings. The van der Waals surface area contributed by atoms with E-state index >= 15 is 0 Å². The van der Waals surface area contributed by atoms with Crippen molar-refractivity contribution in [3.05, 3.63) is 29.8 Å². The molecule has 0 aliphatic carbocycles. The highest BCUT2D eigenvalue weighted by atomic mass is 19.1. The van der Waals surface area contributed by atoms with Crippen molar-refractivity contribution in [1.29, 1.82) is 0 Å². The fraction of sp³-hybridized carbons (Fsp3) is 0.538. The maximum absolute atomic E-state index is 13.0. The lowest BCUT2D eigenvalue weighted by Crippen LogP contribution is -2.36. The molecule has 1 aliphatic rings. The number of likely N-dealkylation sites (tertiary alicyclic amines) is 1. The van der Waals surface area contributed by atoms with E-state index in [-0.39, 0.29) is 17.7 Å². The van der Waals surface area contributed by atoms with Crippen molar-refractivity contribution in [2.45, 2.75) is 19.4 Å². The number of pyridine rings is 1. The first-order chi connectivity index (χ1) is 8.69. The second-order valence-electron chi connectivity index (χ2n) is 4.58. The van der Waals surface area contributed by atoms with Crippen LogP contribution in [0.5, 0.6) is 0 Å². The summed E-state index contributed by atoms with van der Waals surface area (Å²) in [5, 5.41) is 0. The van der Waals surface area contributed by atoms with Gasteiger partial charge in [-0.2, -0.15) is 0 Å². The second kappa shape index (κ2) is 5.91. The summed E-state index contributed by atoms with van der Waals surface area (Å²) in [4.78, 5) is 17.4. The third kappa shape index (κ3) is 3.26. The number of nitrogens with zero attached hydrogens (tertiary/aromatic N) is 2. The normalized spacial score (nSPS) is 17.7. The topological polar surface area (TPSA) is 42.4 Å². The van der Waals surface area contributed by atoms with Crippen molar-refractivity contribution < 1.29 is 13.9 Å². The third-order valence-electron chi connectivity index (χ3n) is 3.29. The van der Waals surface area contributed by atoms with Crippen molar-refractivity contribution in [3.8, 4) is 0 Å². The van der Waals surface area contributed by atoms with Crippen molar-refractivity contribution in [2.24, 2.45) is 5.92 Å². The minimum Gasteiger partial charge on any atom is -0.469 e. The van der Waals surface area contributed by atoms with Gasteiger partial charge < -0.3 is 4.74 Å². The average Bonchev–Trinajstić information content (AvgIpc) is 2.39. The predicted octanol–water partition coefficient (Wildman–Crippen LogP) is 1.61. The summed E-state index contributed by atoms with van der Waals surface area (Å²) in [7, 11) is 1.42. The van der Waals surface area contributed by atoms with E-state index < -0.39 is 0 Å².